The van der Waals surface area contributed by atoms with Crippen LogP contribution in [0.3, 0.4) is 0 Å². The maximum Gasteiger partial charge on any atom is 0.251 e. The van der Waals surface area contributed by atoms with E-state index >= 15 is 0 Å². The van der Waals surface area contributed by atoms with Crippen LogP contribution in [0.15, 0.2) is 18.2 Å². The molecule has 1 aromatic rings. The first kappa shape index (κ1) is 13.9. The normalized spacial score (nSPS) is 32.6. The summed E-state index contributed by atoms with van der Waals surface area (Å²) >= 11 is 0. The highest BCUT2D eigenvalue weighted by molar-refractivity contribution is 5.95. The third-order valence-electron chi connectivity index (χ3n) is 4.81. The van der Waals surface area contributed by atoms with E-state index in [1.165, 1.54) is 19.5 Å². The minimum Gasteiger partial charge on any atom is -0.486 e. The highest BCUT2D eigenvalue weighted by Crippen LogP contribution is 2.32. The van der Waals surface area contributed by atoms with E-state index in [1.807, 2.05) is 19.1 Å². The number of hydrogen-bond donors (Lipinski definition) is 1. The van der Waals surface area contributed by atoms with Gasteiger partial charge in [0.15, 0.2) is 11.5 Å². The van der Waals surface area contributed by atoms with Crippen LogP contribution in [-0.4, -0.2) is 49.2 Å². The number of ether oxygens (including phenoxy) is 2. The smallest absolute Gasteiger partial charge is 0.251 e. The lowest BCUT2D eigenvalue weighted by Gasteiger charge is -2.30. The second-order valence-corrected chi connectivity index (χ2v) is 6.72. The van der Waals surface area contributed by atoms with Crippen molar-refractivity contribution in [2.24, 2.45) is 5.92 Å². The van der Waals surface area contributed by atoms with Crippen LogP contribution in [0.2, 0.25) is 0 Å². The van der Waals surface area contributed by atoms with E-state index in [-0.39, 0.29) is 18.1 Å². The largest absolute Gasteiger partial charge is 0.486 e. The van der Waals surface area contributed by atoms with E-state index in [4.69, 9.17) is 9.47 Å². The Morgan fingerprint density at radius 1 is 1.32 bits per heavy atom. The van der Waals surface area contributed by atoms with Crippen LogP contribution in [0.5, 0.6) is 11.5 Å². The van der Waals surface area contributed by atoms with Gasteiger partial charge >= 0.3 is 0 Å². The van der Waals surface area contributed by atoms with Crippen LogP contribution in [0.25, 0.3) is 0 Å². The molecule has 4 rings (SSSR count). The lowest BCUT2D eigenvalue weighted by atomic mass is 9.96. The Labute approximate surface area is 130 Å². The van der Waals surface area contributed by atoms with Crippen LogP contribution >= 0.6 is 0 Å². The average molecular weight is 302 g/mol. The van der Waals surface area contributed by atoms with Crippen molar-refractivity contribution in [3.63, 3.8) is 0 Å². The molecule has 1 N–H and O–H groups in total. The van der Waals surface area contributed by atoms with Crippen LogP contribution < -0.4 is 14.8 Å². The van der Waals surface area contributed by atoms with E-state index in [1.54, 1.807) is 6.07 Å². The third-order valence-corrected chi connectivity index (χ3v) is 4.81. The minimum absolute atomic E-state index is 0.0162. The van der Waals surface area contributed by atoms with Gasteiger partial charge in [-0.3, -0.25) is 4.79 Å². The predicted molar refractivity (Wildman–Crippen MR) is 82.4 cm³/mol. The van der Waals surface area contributed by atoms with Gasteiger partial charge in [0, 0.05) is 24.7 Å². The summed E-state index contributed by atoms with van der Waals surface area (Å²) in [7, 11) is 0. The summed E-state index contributed by atoms with van der Waals surface area (Å²) in [4.78, 5) is 14.9. The standard InChI is InChI=1S/C17H22N2O3/c1-11-10-21-16-7-13(2-3-15(16)22-11)17(20)18-14-6-12-4-5-19(8-12)9-14/h2-3,7,11-12,14H,4-6,8-10H2,1H3,(H,18,20)/t11-,12-,14+/m0/s1. The zero-order valence-electron chi connectivity index (χ0n) is 12.9. The van der Waals surface area contributed by atoms with Crippen molar-refractivity contribution >= 4 is 5.91 Å². The molecular formula is C17H22N2O3. The minimum atomic E-state index is -0.0162. The summed E-state index contributed by atoms with van der Waals surface area (Å²) in [5, 5.41) is 3.17. The topological polar surface area (TPSA) is 50.8 Å². The first-order valence-electron chi connectivity index (χ1n) is 8.14. The molecule has 3 aliphatic rings. The monoisotopic (exact) mass is 302 g/mol. The Hall–Kier alpha value is -1.75. The second kappa shape index (κ2) is 5.47. The molecule has 4 atom stereocenters. The highest BCUT2D eigenvalue weighted by Gasteiger charge is 2.33. The lowest BCUT2D eigenvalue weighted by molar-refractivity contribution is 0.0904. The van der Waals surface area contributed by atoms with Gasteiger partial charge in [0.2, 0.25) is 0 Å². The van der Waals surface area contributed by atoms with E-state index in [2.05, 4.69) is 10.2 Å². The van der Waals surface area contributed by atoms with Crippen molar-refractivity contribution in [1.29, 1.82) is 0 Å². The molecule has 5 heteroatoms. The van der Waals surface area contributed by atoms with Gasteiger partial charge in [-0.15, -0.1) is 0 Å². The Bertz CT molecular complexity index is 577. The molecule has 5 nitrogen and oxygen atoms in total. The lowest BCUT2D eigenvalue weighted by Crippen LogP contribution is -2.47. The maximum atomic E-state index is 12.5. The Balaban J connectivity index is 1.44. The van der Waals surface area contributed by atoms with Gasteiger partial charge in [-0.05, 0) is 50.4 Å². The summed E-state index contributed by atoms with van der Waals surface area (Å²) in [6.45, 7) is 5.85. The van der Waals surface area contributed by atoms with Gasteiger partial charge in [0.05, 0.1) is 0 Å². The number of piperidine rings is 1. The molecule has 2 bridgehead atoms. The first-order chi connectivity index (χ1) is 10.7. The number of amides is 1. The molecule has 0 aliphatic carbocycles. The Morgan fingerprint density at radius 3 is 3.09 bits per heavy atom. The zero-order valence-corrected chi connectivity index (χ0v) is 12.9. The number of carbonyl (C=O) groups excluding carboxylic acids is 1. The fourth-order valence-electron chi connectivity index (χ4n) is 3.75. The summed E-state index contributed by atoms with van der Waals surface area (Å²) in [5.41, 5.74) is 0.643. The van der Waals surface area contributed by atoms with Gasteiger partial charge in [-0.25, -0.2) is 0 Å². The van der Waals surface area contributed by atoms with E-state index in [0.29, 0.717) is 17.9 Å². The number of benzene rings is 1. The van der Waals surface area contributed by atoms with Crippen molar-refractivity contribution in [2.45, 2.75) is 31.9 Å². The molecule has 1 amide bonds. The molecule has 0 radical (unpaired) electrons. The SMILES string of the molecule is C[C@H]1COc2cc(C(=O)N[C@@H]3C[C@@H]4CCN(C4)C3)ccc2O1. The molecule has 2 saturated heterocycles. The molecule has 3 heterocycles. The van der Waals surface area contributed by atoms with Crippen molar-refractivity contribution in [3.05, 3.63) is 23.8 Å². The summed E-state index contributed by atoms with van der Waals surface area (Å²) in [5.74, 6) is 2.12. The number of hydrogen-bond acceptors (Lipinski definition) is 4. The van der Waals surface area contributed by atoms with Crippen LogP contribution in [-0.2, 0) is 0 Å². The van der Waals surface area contributed by atoms with E-state index in [0.717, 1.165) is 24.6 Å². The maximum absolute atomic E-state index is 12.5. The zero-order chi connectivity index (χ0) is 15.1. The quantitative estimate of drug-likeness (QED) is 0.903. The van der Waals surface area contributed by atoms with Gasteiger partial charge in [-0.2, -0.15) is 0 Å². The summed E-state index contributed by atoms with van der Waals surface area (Å²) in [6, 6.07) is 5.69. The number of nitrogens with one attached hydrogen (secondary N) is 1. The van der Waals surface area contributed by atoms with E-state index < -0.39 is 0 Å². The first-order valence-corrected chi connectivity index (χ1v) is 8.14. The van der Waals surface area contributed by atoms with Crippen molar-refractivity contribution in [1.82, 2.24) is 10.2 Å². The average Bonchev–Trinajstić information content (AvgIpc) is 2.85. The fraction of sp³-hybridized carbons (Fsp3) is 0.588. The number of carbonyl (C=O) groups is 1. The fourth-order valence-corrected chi connectivity index (χ4v) is 3.75. The molecule has 0 saturated carbocycles. The highest BCUT2D eigenvalue weighted by atomic mass is 16.6. The van der Waals surface area contributed by atoms with Gasteiger partial charge in [0.25, 0.3) is 5.91 Å². The van der Waals surface area contributed by atoms with Crippen molar-refractivity contribution < 1.29 is 14.3 Å². The predicted octanol–water partition coefficient (Wildman–Crippen LogP) is 1.67. The number of rotatable bonds is 2. The van der Waals surface area contributed by atoms with Gasteiger partial charge in [-0.1, -0.05) is 0 Å². The van der Waals surface area contributed by atoms with Crippen LogP contribution in [0, 0.1) is 5.92 Å². The molecule has 0 spiro atoms. The molecule has 0 aromatic heterocycles. The Morgan fingerprint density at radius 2 is 2.23 bits per heavy atom. The molecule has 2 fully saturated rings. The number of fused-ring (bicyclic) bond motifs is 3. The Kier molecular flexibility index (Phi) is 3.45. The molecule has 22 heavy (non-hydrogen) atoms. The summed E-state index contributed by atoms with van der Waals surface area (Å²) in [6.07, 6.45) is 2.43. The summed E-state index contributed by atoms with van der Waals surface area (Å²) < 4.78 is 11.3. The molecule has 3 aliphatic heterocycles. The van der Waals surface area contributed by atoms with Crippen molar-refractivity contribution in [2.75, 3.05) is 26.2 Å². The van der Waals surface area contributed by atoms with Gasteiger partial charge in [0.1, 0.15) is 12.7 Å². The molecule has 1 unspecified atom stereocenters. The third kappa shape index (κ3) is 2.65. The number of nitrogens with zero attached hydrogens (tertiary/aromatic N) is 1. The molecule has 118 valence electrons. The van der Waals surface area contributed by atoms with Crippen LogP contribution in [0.4, 0.5) is 0 Å². The molecular weight excluding hydrogens is 280 g/mol. The van der Waals surface area contributed by atoms with Gasteiger partial charge < -0.3 is 19.7 Å². The van der Waals surface area contributed by atoms with Crippen molar-refractivity contribution in [3.8, 4) is 11.5 Å². The van der Waals surface area contributed by atoms with Crippen LogP contribution in [0.1, 0.15) is 30.1 Å². The van der Waals surface area contributed by atoms with E-state index in [9.17, 15) is 4.79 Å². The second-order valence-electron chi connectivity index (χ2n) is 6.72. The molecule has 1 aromatic carbocycles.